The van der Waals surface area contributed by atoms with Crippen molar-refractivity contribution >= 4 is 26.7 Å². The molecular weight excluding hydrogens is 302 g/mol. The van der Waals surface area contributed by atoms with E-state index in [0.29, 0.717) is 27.8 Å². The summed E-state index contributed by atoms with van der Waals surface area (Å²) in [4.78, 5) is 12.5. The summed E-state index contributed by atoms with van der Waals surface area (Å²) in [7, 11) is -3.33. The molecule has 0 unspecified atom stereocenters. The van der Waals surface area contributed by atoms with E-state index < -0.39 is 10.0 Å². The van der Waals surface area contributed by atoms with Crippen LogP contribution in [0.4, 0.5) is 5.69 Å². The fraction of sp³-hybridized carbons (Fsp3) is 0.0625. The first-order valence-electron chi connectivity index (χ1n) is 6.44. The van der Waals surface area contributed by atoms with Crippen molar-refractivity contribution in [1.82, 2.24) is 0 Å². The van der Waals surface area contributed by atoms with Crippen molar-refractivity contribution in [2.45, 2.75) is 0 Å². The number of sulfonamides is 1. The molecule has 22 heavy (non-hydrogen) atoms. The molecule has 1 radical (unpaired) electrons. The first-order valence-corrected chi connectivity index (χ1v) is 8.33. The summed E-state index contributed by atoms with van der Waals surface area (Å²) in [5, 5.41) is 0.481. The van der Waals surface area contributed by atoms with E-state index >= 15 is 0 Å². The van der Waals surface area contributed by atoms with Gasteiger partial charge in [0, 0.05) is 5.69 Å². The Hall–Kier alpha value is -2.60. The highest BCUT2D eigenvalue weighted by molar-refractivity contribution is 7.92. The van der Waals surface area contributed by atoms with E-state index in [1.807, 2.05) is 0 Å². The van der Waals surface area contributed by atoms with E-state index in [2.05, 4.69) is 10.8 Å². The van der Waals surface area contributed by atoms with Crippen molar-refractivity contribution < 1.29 is 12.8 Å². The Kier molecular flexibility index (Phi) is 3.46. The third-order valence-corrected chi connectivity index (χ3v) is 3.72. The lowest BCUT2D eigenvalue weighted by molar-refractivity contribution is 0.604. The third-order valence-electron chi connectivity index (χ3n) is 3.12. The fourth-order valence-corrected chi connectivity index (χ4v) is 2.72. The van der Waals surface area contributed by atoms with Gasteiger partial charge in [0.05, 0.1) is 17.2 Å². The zero-order chi connectivity index (χ0) is 15.7. The van der Waals surface area contributed by atoms with Crippen LogP contribution in [0.1, 0.15) is 0 Å². The van der Waals surface area contributed by atoms with E-state index in [4.69, 9.17) is 4.42 Å². The van der Waals surface area contributed by atoms with Crippen LogP contribution in [0.25, 0.3) is 22.1 Å². The molecule has 0 bridgehead atoms. The number of hydrogen-bond acceptors (Lipinski definition) is 4. The Morgan fingerprint density at radius 1 is 1.14 bits per heavy atom. The molecule has 0 fully saturated rings. The van der Waals surface area contributed by atoms with Gasteiger partial charge < -0.3 is 4.42 Å². The number of hydrogen-bond donors (Lipinski definition) is 1. The number of anilines is 1. The Bertz CT molecular complexity index is 989. The van der Waals surface area contributed by atoms with Gasteiger partial charge in [0.15, 0.2) is 5.43 Å². The second kappa shape index (κ2) is 5.31. The molecule has 3 aromatic rings. The highest BCUT2D eigenvalue weighted by Gasteiger charge is 2.09. The van der Waals surface area contributed by atoms with E-state index in [9.17, 15) is 13.2 Å². The molecule has 111 valence electrons. The molecule has 0 saturated carbocycles. The molecule has 1 N–H and O–H groups in total. The summed E-state index contributed by atoms with van der Waals surface area (Å²) in [6, 6.07) is 14.3. The van der Waals surface area contributed by atoms with Crippen LogP contribution >= 0.6 is 0 Å². The van der Waals surface area contributed by atoms with Gasteiger partial charge in [-0.1, -0.05) is 18.2 Å². The van der Waals surface area contributed by atoms with Crippen LogP contribution in [0.3, 0.4) is 0 Å². The number of benzene rings is 2. The normalized spacial score (nSPS) is 11.5. The van der Waals surface area contributed by atoms with Gasteiger partial charge in [-0.15, -0.1) is 0 Å². The second-order valence-electron chi connectivity index (χ2n) is 4.85. The summed E-state index contributed by atoms with van der Waals surface area (Å²) in [6.07, 6.45) is 2.48. The second-order valence-corrected chi connectivity index (χ2v) is 6.60. The van der Waals surface area contributed by atoms with Crippen molar-refractivity contribution in [1.29, 1.82) is 0 Å². The zero-order valence-corrected chi connectivity index (χ0v) is 12.5. The molecule has 0 atom stereocenters. The maximum Gasteiger partial charge on any atom is 0.229 e. The van der Waals surface area contributed by atoms with Crippen LogP contribution < -0.4 is 10.2 Å². The van der Waals surface area contributed by atoms with Gasteiger partial charge in [-0.05, 0) is 35.9 Å². The molecule has 2 aromatic carbocycles. The summed E-state index contributed by atoms with van der Waals surface area (Å²) >= 11 is 0. The van der Waals surface area contributed by atoms with Gasteiger partial charge in [0.25, 0.3) is 0 Å². The van der Waals surface area contributed by atoms with Crippen molar-refractivity contribution in [2.75, 3.05) is 11.0 Å². The van der Waals surface area contributed by atoms with Crippen LogP contribution in [0.15, 0.2) is 57.9 Å². The minimum atomic E-state index is -3.33. The van der Waals surface area contributed by atoms with E-state index in [0.717, 1.165) is 6.26 Å². The molecule has 0 saturated heterocycles. The lowest BCUT2D eigenvalue weighted by Gasteiger charge is -2.06. The largest absolute Gasteiger partial charge is 0.463 e. The molecular formula is C16H12NO4S. The molecule has 0 aliphatic heterocycles. The minimum Gasteiger partial charge on any atom is -0.463 e. The van der Waals surface area contributed by atoms with Crippen molar-refractivity contribution in [3.8, 4) is 11.1 Å². The Labute approximate surface area is 127 Å². The summed E-state index contributed by atoms with van der Waals surface area (Å²) < 4.78 is 30.2. The molecule has 6 heteroatoms. The average molecular weight is 314 g/mol. The average Bonchev–Trinajstić information content (AvgIpc) is 2.47. The summed E-state index contributed by atoms with van der Waals surface area (Å²) in [5.41, 5.74) is 1.85. The minimum absolute atomic E-state index is 0.140. The van der Waals surface area contributed by atoms with Crippen LogP contribution in [-0.4, -0.2) is 14.7 Å². The molecule has 0 aliphatic rings. The molecule has 0 amide bonds. The maximum atomic E-state index is 12.5. The van der Waals surface area contributed by atoms with E-state index in [1.54, 1.807) is 42.5 Å². The number of nitrogens with one attached hydrogen (secondary N) is 1. The lowest BCUT2D eigenvalue weighted by atomic mass is 10.1. The van der Waals surface area contributed by atoms with Crippen molar-refractivity contribution in [2.24, 2.45) is 0 Å². The predicted octanol–water partition coefficient (Wildman–Crippen LogP) is 2.63. The first kappa shape index (κ1) is 14.3. The number of rotatable bonds is 3. The third kappa shape index (κ3) is 2.87. The van der Waals surface area contributed by atoms with Crippen molar-refractivity contribution in [3.05, 3.63) is 65.0 Å². The monoisotopic (exact) mass is 314 g/mol. The van der Waals surface area contributed by atoms with E-state index in [1.165, 1.54) is 6.26 Å². The first-order chi connectivity index (χ1) is 10.4. The van der Waals surface area contributed by atoms with Crippen LogP contribution in [0.5, 0.6) is 0 Å². The SMILES string of the molecule is CS(=O)(=O)Nc1ccc(-c2coc3c[c]ccc3c2=O)cc1. The van der Waals surface area contributed by atoms with Gasteiger partial charge >= 0.3 is 0 Å². The Morgan fingerprint density at radius 3 is 2.55 bits per heavy atom. The molecule has 1 aromatic heterocycles. The Morgan fingerprint density at radius 2 is 1.86 bits per heavy atom. The highest BCUT2D eigenvalue weighted by Crippen LogP contribution is 2.21. The van der Waals surface area contributed by atoms with Gasteiger partial charge in [-0.3, -0.25) is 9.52 Å². The number of fused-ring (bicyclic) bond motifs is 1. The molecule has 0 aliphatic carbocycles. The van der Waals surface area contributed by atoms with Crippen LogP contribution in [0, 0.1) is 6.07 Å². The molecule has 1 heterocycles. The highest BCUT2D eigenvalue weighted by atomic mass is 32.2. The van der Waals surface area contributed by atoms with Gasteiger partial charge in [0.1, 0.15) is 11.8 Å². The van der Waals surface area contributed by atoms with Gasteiger partial charge in [0.2, 0.25) is 10.0 Å². The van der Waals surface area contributed by atoms with Crippen LogP contribution in [-0.2, 0) is 10.0 Å². The zero-order valence-electron chi connectivity index (χ0n) is 11.7. The van der Waals surface area contributed by atoms with Crippen molar-refractivity contribution in [3.63, 3.8) is 0 Å². The van der Waals surface area contributed by atoms with Gasteiger partial charge in [-0.25, -0.2) is 8.42 Å². The predicted molar refractivity (Wildman–Crippen MR) is 85.2 cm³/mol. The fourth-order valence-electron chi connectivity index (χ4n) is 2.15. The quantitative estimate of drug-likeness (QED) is 0.806. The molecule has 5 nitrogen and oxygen atoms in total. The topological polar surface area (TPSA) is 76.4 Å². The van der Waals surface area contributed by atoms with Gasteiger partial charge in [-0.2, -0.15) is 0 Å². The standard InChI is InChI=1S/C16H12NO4S/c1-22(19,20)17-12-8-6-11(7-9-12)14-10-21-15-5-3-2-4-13(15)16(14)18/h2,4-10,17H,1H3. The molecule has 3 rings (SSSR count). The van der Waals surface area contributed by atoms with E-state index in [-0.39, 0.29) is 5.43 Å². The lowest BCUT2D eigenvalue weighted by Crippen LogP contribution is -2.09. The Balaban J connectivity index is 2.05. The maximum absolute atomic E-state index is 12.5. The molecule has 0 spiro atoms. The van der Waals surface area contributed by atoms with Crippen LogP contribution in [0.2, 0.25) is 0 Å². The smallest absolute Gasteiger partial charge is 0.229 e. The summed E-state index contributed by atoms with van der Waals surface area (Å²) in [5.74, 6) is 0. The summed E-state index contributed by atoms with van der Waals surface area (Å²) in [6.45, 7) is 0.